The van der Waals surface area contributed by atoms with E-state index < -0.39 is 0 Å². The van der Waals surface area contributed by atoms with E-state index in [1.165, 1.54) is 6.42 Å². The lowest BCUT2D eigenvalue weighted by Crippen LogP contribution is -2.47. The first kappa shape index (κ1) is 16.5. The number of benzene rings is 1. The third-order valence-corrected chi connectivity index (χ3v) is 4.43. The molecule has 1 atom stereocenters. The highest BCUT2D eigenvalue weighted by atomic mass is 79.9. The molecule has 2 N–H and O–H groups in total. The van der Waals surface area contributed by atoms with Crippen LogP contribution in [0.3, 0.4) is 0 Å². The summed E-state index contributed by atoms with van der Waals surface area (Å²) in [5.74, 6) is 0.103. The van der Waals surface area contributed by atoms with Crippen molar-refractivity contribution in [2.45, 2.75) is 32.2 Å². The predicted molar refractivity (Wildman–Crippen MR) is 83.9 cm³/mol. The molecule has 0 aromatic heterocycles. The first-order valence-electron chi connectivity index (χ1n) is 6.40. The number of nitrogens with zero attached hydrogens (tertiary/aromatic N) is 1. The molecule has 1 aliphatic heterocycles. The zero-order valence-electron chi connectivity index (χ0n) is 11.1. The van der Waals surface area contributed by atoms with Gasteiger partial charge in [-0.05, 0) is 43.9 Å². The Bertz CT molecular complexity index is 453. The average molecular weight is 348 g/mol. The molecule has 0 bridgehead atoms. The summed E-state index contributed by atoms with van der Waals surface area (Å²) in [4.78, 5) is 14.4. The number of nitrogens with two attached hydrogens (primary N) is 1. The van der Waals surface area contributed by atoms with Gasteiger partial charge in [0.15, 0.2) is 0 Å². The number of piperidine rings is 1. The Kier molecular flexibility index (Phi) is 6.30. The molecule has 3 nitrogen and oxygen atoms in total. The molecule has 0 spiro atoms. The summed E-state index contributed by atoms with van der Waals surface area (Å²) in [5.41, 5.74) is 7.64. The van der Waals surface area contributed by atoms with Crippen LogP contribution in [0.15, 0.2) is 22.7 Å². The minimum atomic E-state index is 0. The summed E-state index contributed by atoms with van der Waals surface area (Å²) in [6.07, 6.45) is 3.27. The fourth-order valence-corrected chi connectivity index (χ4v) is 2.78. The van der Waals surface area contributed by atoms with Crippen molar-refractivity contribution in [3.05, 3.63) is 33.8 Å². The second-order valence-electron chi connectivity index (χ2n) is 4.85. The van der Waals surface area contributed by atoms with Crippen LogP contribution in [0.5, 0.6) is 0 Å². The van der Waals surface area contributed by atoms with Gasteiger partial charge >= 0.3 is 0 Å². The van der Waals surface area contributed by atoms with Crippen molar-refractivity contribution in [1.29, 1.82) is 0 Å². The van der Waals surface area contributed by atoms with Gasteiger partial charge in [-0.25, -0.2) is 0 Å². The lowest BCUT2D eigenvalue weighted by Gasteiger charge is -2.35. The van der Waals surface area contributed by atoms with Crippen molar-refractivity contribution in [1.82, 2.24) is 4.90 Å². The number of likely N-dealkylation sites (tertiary alicyclic amines) is 1. The number of carbonyl (C=O) groups is 1. The van der Waals surface area contributed by atoms with Gasteiger partial charge in [0.05, 0.1) is 0 Å². The summed E-state index contributed by atoms with van der Waals surface area (Å²) in [6.45, 7) is 3.40. The molecule has 1 aromatic carbocycles. The van der Waals surface area contributed by atoms with Gasteiger partial charge in [0.25, 0.3) is 5.91 Å². The lowest BCUT2D eigenvalue weighted by atomic mass is 10.0. The van der Waals surface area contributed by atoms with Crippen molar-refractivity contribution in [2.75, 3.05) is 13.1 Å². The van der Waals surface area contributed by atoms with Crippen LogP contribution in [-0.4, -0.2) is 29.9 Å². The molecule has 1 aliphatic rings. The van der Waals surface area contributed by atoms with E-state index in [0.29, 0.717) is 6.54 Å². The molecule has 0 aliphatic carbocycles. The van der Waals surface area contributed by atoms with Gasteiger partial charge in [-0.3, -0.25) is 4.79 Å². The van der Waals surface area contributed by atoms with Crippen molar-refractivity contribution in [3.8, 4) is 0 Å². The Morgan fingerprint density at radius 1 is 1.47 bits per heavy atom. The van der Waals surface area contributed by atoms with Gasteiger partial charge in [-0.2, -0.15) is 0 Å². The number of carbonyl (C=O) groups excluding carboxylic acids is 1. The van der Waals surface area contributed by atoms with E-state index in [4.69, 9.17) is 5.73 Å². The SMILES string of the molecule is Cc1ccc(C(=O)N2CCCCC2CN)cc1Br.Cl. The number of hydrogen-bond acceptors (Lipinski definition) is 2. The standard InChI is InChI=1S/C14H19BrN2O.ClH/c1-10-5-6-11(8-13(10)15)14(18)17-7-3-2-4-12(17)9-16;/h5-6,8,12H,2-4,7,9,16H2,1H3;1H. The van der Waals surface area contributed by atoms with E-state index in [0.717, 1.165) is 35.0 Å². The molecule has 106 valence electrons. The molecule has 0 radical (unpaired) electrons. The molecule has 1 amide bonds. The third-order valence-electron chi connectivity index (χ3n) is 3.58. The number of halogens is 2. The summed E-state index contributed by atoms with van der Waals surface area (Å²) in [5, 5.41) is 0. The van der Waals surface area contributed by atoms with Gasteiger partial charge < -0.3 is 10.6 Å². The van der Waals surface area contributed by atoms with E-state index >= 15 is 0 Å². The molecule has 0 saturated carbocycles. The summed E-state index contributed by atoms with van der Waals surface area (Å²) >= 11 is 3.48. The van der Waals surface area contributed by atoms with E-state index in [9.17, 15) is 4.79 Å². The fourth-order valence-electron chi connectivity index (χ4n) is 2.40. The fraction of sp³-hybridized carbons (Fsp3) is 0.500. The van der Waals surface area contributed by atoms with Crippen LogP contribution >= 0.6 is 28.3 Å². The topological polar surface area (TPSA) is 46.3 Å². The van der Waals surface area contributed by atoms with Crippen LogP contribution in [0, 0.1) is 6.92 Å². The molecule has 1 unspecified atom stereocenters. The Morgan fingerprint density at radius 2 is 2.21 bits per heavy atom. The monoisotopic (exact) mass is 346 g/mol. The largest absolute Gasteiger partial charge is 0.334 e. The summed E-state index contributed by atoms with van der Waals surface area (Å²) in [6, 6.07) is 5.97. The van der Waals surface area contributed by atoms with Crippen LogP contribution < -0.4 is 5.73 Å². The number of hydrogen-bond donors (Lipinski definition) is 1. The van der Waals surface area contributed by atoms with Gasteiger partial charge in [0.1, 0.15) is 0 Å². The first-order chi connectivity index (χ1) is 8.63. The third kappa shape index (κ3) is 3.71. The molecule has 1 heterocycles. The highest BCUT2D eigenvalue weighted by molar-refractivity contribution is 9.10. The second-order valence-corrected chi connectivity index (χ2v) is 5.70. The Morgan fingerprint density at radius 3 is 2.84 bits per heavy atom. The minimum absolute atomic E-state index is 0. The quantitative estimate of drug-likeness (QED) is 0.893. The van der Waals surface area contributed by atoms with Gasteiger partial charge in [0.2, 0.25) is 0 Å². The summed E-state index contributed by atoms with van der Waals surface area (Å²) in [7, 11) is 0. The molecular weight excluding hydrogens is 328 g/mol. The summed E-state index contributed by atoms with van der Waals surface area (Å²) < 4.78 is 0.981. The van der Waals surface area contributed by atoms with Crippen molar-refractivity contribution < 1.29 is 4.79 Å². The molecule has 5 heteroatoms. The van der Waals surface area contributed by atoms with Gasteiger partial charge in [0, 0.05) is 29.2 Å². The zero-order chi connectivity index (χ0) is 13.1. The van der Waals surface area contributed by atoms with Crippen LogP contribution in [0.2, 0.25) is 0 Å². The molecule has 1 saturated heterocycles. The minimum Gasteiger partial charge on any atom is -0.334 e. The smallest absolute Gasteiger partial charge is 0.254 e. The number of aryl methyl sites for hydroxylation is 1. The maximum atomic E-state index is 12.5. The van der Waals surface area contributed by atoms with E-state index in [1.54, 1.807) is 0 Å². The van der Waals surface area contributed by atoms with Crippen LogP contribution in [0.4, 0.5) is 0 Å². The predicted octanol–water partition coefficient (Wildman–Crippen LogP) is 3.13. The van der Waals surface area contributed by atoms with Gasteiger partial charge in [-0.15, -0.1) is 12.4 Å². The Hall–Kier alpha value is -0.580. The Labute approximate surface area is 129 Å². The average Bonchev–Trinajstić information content (AvgIpc) is 2.41. The van der Waals surface area contributed by atoms with E-state index in [2.05, 4.69) is 15.9 Å². The Balaban J connectivity index is 0.00000180. The second kappa shape index (κ2) is 7.27. The maximum absolute atomic E-state index is 12.5. The first-order valence-corrected chi connectivity index (χ1v) is 7.20. The van der Waals surface area contributed by atoms with Crippen LogP contribution in [-0.2, 0) is 0 Å². The normalized spacial score (nSPS) is 18.9. The lowest BCUT2D eigenvalue weighted by molar-refractivity contribution is 0.0623. The van der Waals surface area contributed by atoms with E-state index in [1.807, 2.05) is 30.0 Å². The van der Waals surface area contributed by atoms with Crippen molar-refractivity contribution >= 4 is 34.2 Å². The van der Waals surface area contributed by atoms with Crippen LogP contribution in [0.25, 0.3) is 0 Å². The van der Waals surface area contributed by atoms with Crippen LogP contribution in [0.1, 0.15) is 35.2 Å². The van der Waals surface area contributed by atoms with Gasteiger partial charge in [-0.1, -0.05) is 22.0 Å². The zero-order valence-corrected chi connectivity index (χ0v) is 13.5. The molecule has 2 rings (SSSR count). The number of amides is 1. The van der Waals surface area contributed by atoms with Crippen molar-refractivity contribution in [3.63, 3.8) is 0 Å². The highest BCUT2D eigenvalue weighted by Gasteiger charge is 2.26. The maximum Gasteiger partial charge on any atom is 0.254 e. The molecule has 19 heavy (non-hydrogen) atoms. The number of rotatable bonds is 2. The highest BCUT2D eigenvalue weighted by Crippen LogP contribution is 2.22. The molecule has 1 aromatic rings. The van der Waals surface area contributed by atoms with Crippen molar-refractivity contribution in [2.24, 2.45) is 5.73 Å². The molecular formula is C14H20BrClN2O. The van der Waals surface area contributed by atoms with E-state index in [-0.39, 0.29) is 24.4 Å². The molecule has 1 fully saturated rings.